The van der Waals surface area contributed by atoms with E-state index < -0.39 is 23.5 Å². The lowest BCUT2D eigenvalue weighted by Crippen LogP contribution is -2.30. The van der Waals surface area contributed by atoms with Crippen molar-refractivity contribution in [1.29, 1.82) is 0 Å². The van der Waals surface area contributed by atoms with Gasteiger partial charge in [0.1, 0.15) is 17.3 Å². The molecule has 2 aliphatic heterocycles. The molecule has 1 amide bonds. The van der Waals surface area contributed by atoms with E-state index >= 15 is 4.39 Å². The van der Waals surface area contributed by atoms with Crippen LogP contribution in [0.5, 0.6) is 5.75 Å². The Morgan fingerprint density at radius 3 is 2.34 bits per heavy atom. The van der Waals surface area contributed by atoms with Gasteiger partial charge in [-0.2, -0.15) is 0 Å². The molecule has 3 aromatic carbocycles. The molecule has 7 heteroatoms. The lowest BCUT2D eigenvalue weighted by atomic mass is 9.94. The molecule has 0 radical (unpaired) electrons. The average Bonchev–Trinajstić information content (AvgIpc) is 3.55. The molecule has 0 aliphatic carbocycles. The molecule has 3 aromatic rings. The minimum Gasteiger partial charge on any atom is -0.507 e. The fraction of sp³-hybridized carbons (Fsp3) is 0.290. The Hall–Kier alpha value is -4.13. The highest BCUT2D eigenvalue weighted by molar-refractivity contribution is 6.51. The van der Waals surface area contributed by atoms with Crippen LogP contribution in [0.3, 0.4) is 0 Å². The van der Waals surface area contributed by atoms with Crippen LogP contribution in [0.15, 0.2) is 72.3 Å². The summed E-state index contributed by atoms with van der Waals surface area (Å²) in [6.45, 7) is 6.36. The van der Waals surface area contributed by atoms with Crippen LogP contribution >= 0.6 is 0 Å². The standard InChI is InChI=1S/C31H31FN2O4/c1-3-18-38-26-15-10-21(19-20(26)2)29(35)27-28(24-8-4-5-9-25(24)32)34(31(37)30(27)36)23-13-11-22(12-14-23)33-16-6-7-17-33/h4-5,8-15,19,28,35H,3,6-7,16-18H2,1-2H3/b29-27+. The number of hydrogen-bond acceptors (Lipinski definition) is 5. The van der Waals surface area contributed by atoms with E-state index in [0.29, 0.717) is 23.6 Å². The normalized spacial score (nSPS) is 18.9. The molecule has 5 rings (SSSR count). The first-order valence-electron chi connectivity index (χ1n) is 13.0. The van der Waals surface area contributed by atoms with E-state index in [2.05, 4.69) is 4.90 Å². The number of carbonyl (C=O) groups excluding carboxylic acids is 2. The molecule has 1 atom stereocenters. The summed E-state index contributed by atoms with van der Waals surface area (Å²) in [5.41, 5.74) is 2.61. The Morgan fingerprint density at radius 1 is 1.00 bits per heavy atom. The van der Waals surface area contributed by atoms with Gasteiger partial charge in [0, 0.05) is 35.6 Å². The van der Waals surface area contributed by atoms with Gasteiger partial charge in [-0.1, -0.05) is 25.1 Å². The number of anilines is 2. The number of benzene rings is 3. The molecule has 2 fully saturated rings. The molecule has 0 spiro atoms. The largest absolute Gasteiger partial charge is 0.507 e. The van der Waals surface area contributed by atoms with Crippen LogP contribution in [-0.4, -0.2) is 36.5 Å². The van der Waals surface area contributed by atoms with Gasteiger partial charge in [0.05, 0.1) is 18.2 Å². The Kier molecular flexibility index (Phi) is 7.18. The van der Waals surface area contributed by atoms with E-state index in [1.807, 2.05) is 26.0 Å². The monoisotopic (exact) mass is 514 g/mol. The Labute approximate surface area is 222 Å². The molecule has 6 nitrogen and oxygen atoms in total. The molecular weight excluding hydrogens is 483 g/mol. The number of rotatable bonds is 7. The number of aliphatic hydroxyl groups excluding tert-OH is 1. The van der Waals surface area contributed by atoms with Crippen LogP contribution in [-0.2, 0) is 9.59 Å². The maximum atomic E-state index is 15.2. The van der Waals surface area contributed by atoms with Crippen LogP contribution in [0.1, 0.15) is 48.9 Å². The van der Waals surface area contributed by atoms with Crippen molar-refractivity contribution in [3.63, 3.8) is 0 Å². The first-order chi connectivity index (χ1) is 18.4. The molecule has 2 saturated heterocycles. The summed E-state index contributed by atoms with van der Waals surface area (Å²) in [6, 6.07) is 17.4. The van der Waals surface area contributed by atoms with Gasteiger partial charge in [-0.15, -0.1) is 0 Å². The lowest BCUT2D eigenvalue weighted by molar-refractivity contribution is -0.132. The Bertz CT molecular complexity index is 1390. The van der Waals surface area contributed by atoms with Gasteiger partial charge in [0.2, 0.25) is 0 Å². The summed E-state index contributed by atoms with van der Waals surface area (Å²) in [5.74, 6) is -1.91. The number of Topliss-reactive ketones (excluding diaryl/α,β-unsaturated/α-hetero) is 1. The summed E-state index contributed by atoms with van der Waals surface area (Å²) in [6.07, 6.45) is 3.12. The first-order valence-corrected chi connectivity index (χ1v) is 13.0. The second-order valence-electron chi connectivity index (χ2n) is 9.73. The van der Waals surface area contributed by atoms with Gasteiger partial charge in [-0.05, 0) is 80.3 Å². The molecule has 2 aliphatic rings. The highest BCUT2D eigenvalue weighted by Gasteiger charge is 2.47. The Balaban J connectivity index is 1.60. The second-order valence-corrected chi connectivity index (χ2v) is 9.73. The van der Waals surface area contributed by atoms with Crippen LogP contribution < -0.4 is 14.5 Å². The minimum absolute atomic E-state index is 0.136. The number of aryl methyl sites for hydroxylation is 1. The predicted molar refractivity (Wildman–Crippen MR) is 146 cm³/mol. The van der Waals surface area contributed by atoms with E-state index in [0.717, 1.165) is 43.6 Å². The molecule has 0 bridgehead atoms. The second kappa shape index (κ2) is 10.7. The summed E-state index contributed by atoms with van der Waals surface area (Å²) >= 11 is 0. The van der Waals surface area contributed by atoms with Crippen LogP contribution in [0.25, 0.3) is 5.76 Å². The molecule has 0 aromatic heterocycles. The summed E-state index contributed by atoms with van der Waals surface area (Å²) in [5, 5.41) is 11.4. The molecule has 2 heterocycles. The topological polar surface area (TPSA) is 70.1 Å². The number of aliphatic hydroxyl groups is 1. The van der Waals surface area contributed by atoms with Crippen molar-refractivity contribution in [2.75, 3.05) is 29.5 Å². The summed E-state index contributed by atoms with van der Waals surface area (Å²) in [7, 11) is 0. The number of hydrogen-bond donors (Lipinski definition) is 1. The molecule has 38 heavy (non-hydrogen) atoms. The predicted octanol–water partition coefficient (Wildman–Crippen LogP) is 6.15. The number of halogens is 1. The van der Waals surface area contributed by atoms with E-state index in [1.54, 1.807) is 42.5 Å². The SMILES string of the molecule is CCCOc1ccc(/C(O)=C2\C(=O)C(=O)N(c3ccc(N4CCCC4)cc3)C2c2ccccc2F)cc1C. The third kappa shape index (κ3) is 4.64. The zero-order valence-corrected chi connectivity index (χ0v) is 21.6. The van der Waals surface area contributed by atoms with E-state index in [4.69, 9.17) is 4.74 Å². The van der Waals surface area contributed by atoms with Crippen molar-refractivity contribution in [2.45, 2.75) is 39.2 Å². The fourth-order valence-corrected chi connectivity index (χ4v) is 5.22. The Morgan fingerprint density at radius 2 is 1.68 bits per heavy atom. The number of amides is 1. The molecule has 0 saturated carbocycles. The summed E-state index contributed by atoms with van der Waals surface area (Å²) in [4.78, 5) is 30.4. The highest BCUT2D eigenvalue weighted by atomic mass is 19.1. The third-order valence-electron chi connectivity index (χ3n) is 7.15. The zero-order chi connectivity index (χ0) is 26.8. The molecule has 196 valence electrons. The average molecular weight is 515 g/mol. The molecular formula is C31H31FN2O4. The maximum Gasteiger partial charge on any atom is 0.300 e. The highest BCUT2D eigenvalue weighted by Crippen LogP contribution is 2.43. The van der Waals surface area contributed by atoms with Crippen LogP contribution in [0.2, 0.25) is 0 Å². The number of carbonyl (C=O) groups is 2. The van der Waals surface area contributed by atoms with E-state index in [-0.39, 0.29) is 16.9 Å². The zero-order valence-electron chi connectivity index (χ0n) is 21.6. The van der Waals surface area contributed by atoms with Gasteiger partial charge in [0.25, 0.3) is 11.7 Å². The van der Waals surface area contributed by atoms with Gasteiger partial charge >= 0.3 is 0 Å². The van der Waals surface area contributed by atoms with Crippen molar-refractivity contribution in [3.8, 4) is 5.75 Å². The maximum absolute atomic E-state index is 15.2. The van der Waals surface area contributed by atoms with Crippen molar-refractivity contribution in [1.82, 2.24) is 0 Å². The first kappa shape index (κ1) is 25.5. The van der Waals surface area contributed by atoms with Crippen LogP contribution in [0.4, 0.5) is 15.8 Å². The van der Waals surface area contributed by atoms with Crippen molar-refractivity contribution in [2.24, 2.45) is 0 Å². The molecule has 1 unspecified atom stereocenters. The summed E-state index contributed by atoms with van der Waals surface area (Å²) < 4.78 is 20.9. The third-order valence-corrected chi connectivity index (χ3v) is 7.15. The van der Waals surface area contributed by atoms with Crippen molar-refractivity contribution >= 4 is 28.8 Å². The van der Waals surface area contributed by atoms with Crippen LogP contribution in [0, 0.1) is 12.7 Å². The number of ether oxygens (including phenoxy) is 1. The molecule has 1 N–H and O–H groups in total. The van der Waals surface area contributed by atoms with Gasteiger partial charge in [-0.3, -0.25) is 14.5 Å². The van der Waals surface area contributed by atoms with Crippen molar-refractivity contribution < 1.29 is 23.8 Å². The fourth-order valence-electron chi connectivity index (χ4n) is 5.22. The number of ketones is 1. The van der Waals surface area contributed by atoms with E-state index in [9.17, 15) is 14.7 Å². The number of nitrogens with zero attached hydrogens (tertiary/aromatic N) is 2. The smallest absolute Gasteiger partial charge is 0.300 e. The van der Waals surface area contributed by atoms with Crippen molar-refractivity contribution in [3.05, 3.63) is 94.8 Å². The quantitative estimate of drug-likeness (QED) is 0.233. The minimum atomic E-state index is -1.12. The van der Waals surface area contributed by atoms with E-state index in [1.165, 1.54) is 17.0 Å². The van der Waals surface area contributed by atoms with Gasteiger partial charge in [0.15, 0.2) is 0 Å². The van der Waals surface area contributed by atoms with Gasteiger partial charge < -0.3 is 14.7 Å². The lowest BCUT2D eigenvalue weighted by Gasteiger charge is -2.26. The van der Waals surface area contributed by atoms with Gasteiger partial charge in [-0.25, -0.2) is 4.39 Å².